The topological polar surface area (TPSA) is 38.0 Å². The molecule has 0 spiro atoms. The Kier molecular flexibility index (Phi) is 5.74. The smallest absolute Gasteiger partial charge is 0.200 e. The van der Waals surface area contributed by atoms with Gasteiger partial charge in [0.1, 0.15) is 5.69 Å². The van der Waals surface area contributed by atoms with Crippen molar-refractivity contribution >= 4 is 5.69 Å². The molecule has 20 heavy (non-hydrogen) atoms. The molecule has 0 radical (unpaired) electrons. The summed E-state index contributed by atoms with van der Waals surface area (Å²) < 4.78 is 65.6. The lowest BCUT2D eigenvalue weighted by Gasteiger charge is -2.22. The minimum Gasteiger partial charge on any atom is -0.379 e. The second kappa shape index (κ2) is 6.88. The van der Waals surface area contributed by atoms with Gasteiger partial charge in [0, 0.05) is 12.6 Å². The third kappa shape index (κ3) is 3.20. The molecule has 1 aromatic carbocycles. The molecule has 0 aliphatic heterocycles. The van der Waals surface area contributed by atoms with E-state index >= 15 is 0 Å². The van der Waals surface area contributed by atoms with Crippen LogP contribution in [-0.2, 0) is 0 Å². The molecule has 2 nitrogen and oxygen atoms in total. The van der Waals surface area contributed by atoms with Crippen LogP contribution >= 0.6 is 0 Å². The highest BCUT2D eigenvalue weighted by atomic mass is 19.2. The summed E-state index contributed by atoms with van der Waals surface area (Å²) in [5.74, 6) is -9.76. The van der Waals surface area contributed by atoms with Crippen LogP contribution < -0.4 is 11.1 Å². The van der Waals surface area contributed by atoms with Crippen molar-refractivity contribution in [2.75, 3.05) is 11.9 Å². The van der Waals surface area contributed by atoms with Gasteiger partial charge in [0.15, 0.2) is 23.3 Å². The van der Waals surface area contributed by atoms with E-state index in [1.807, 2.05) is 13.8 Å². The van der Waals surface area contributed by atoms with E-state index in [1.165, 1.54) is 0 Å². The van der Waals surface area contributed by atoms with Crippen LogP contribution in [0.1, 0.15) is 26.7 Å². The molecule has 0 saturated heterocycles. The highest BCUT2D eigenvalue weighted by molar-refractivity contribution is 5.47. The number of benzene rings is 1. The van der Waals surface area contributed by atoms with Crippen molar-refractivity contribution in [2.24, 2.45) is 11.7 Å². The average Bonchev–Trinajstić information content (AvgIpc) is 2.44. The van der Waals surface area contributed by atoms with Crippen LogP contribution in [-0.4, -0.2) is 12.6 Å². The zero-order valence-electron chi connectivity index (χ0n) is 11.2. The number of anilines is 1. The molecule has 0 aliphatic rings. The third-order valence-corrected chi connectivity index (χ3v) is 3.38. The molecular weight excluding hydrogens is 279 g/mol. The maximum absolute atomic E-state index is 13.4. The van der Waals surface area contributed by atoms with Crippen molar-refractivity contribution in [3.8, 4) is 0 Å². The summed E-state index contributed by atoms with van der Waals surface area (Å²) in [6.07, 6.45) is 1.52. The van der Waals surface area contributed by atoms with Gasteiger partial charge >= 0.3 is 0 Å². The van der Waals surface area contributed by atoms with Gasteiger partial charge in [-0.3, -0.25) is 0 Å². The number of hydrogen-bond acceptors (Lipinski definition) is 2. The zero-order chi connectivity index (χ0) is 15.4. The average molecular weight is 296 g/mol. The van der Waals surface area contributed by atoms with Gasteiger partial charge in [0.2, 0.25) is 5.82 Å². The number of nitrogens with two attached hydrogens (primary N) is 1. The largest absolute Gasteiger partial charge is 0.379 e. The van der Waals surface area contributed by atoms with Crippen molar-refractivity contribution in [3.05, 3.63) is 29.1 Å². The van der Waals surface area contributed by atoms with Crippen molar-refractivity contribution in [1.82, 2.24) is 0 Å². The first-order valence-electron chi connectivity index (χ1n) is 6.35. The summed E-state index contributed by atoms with van der Waals surface area (Å²) in [5.41, 5.74) is 4.78. The molecule has 0 amide bonds. The Morgan fingerprint density at radius 3 is 1.65 bits per heavy atom. The standard InChI is InChI=1S/C13H17F5N2/c1-3-6(4-2)7(19)5-20-13-11(17)9(15)8(14)10(16)12(13)18/h6-7,20H,3-5,19H2,1-2H3. The van der Waals surface area contributed by atoms with E-state index in [4.69, 9.17) is 5.73 Å². The molecule has 3 N–H and O–H groups in total. The van der Waals surface area contributed by atoms with Crippen LogP contribution in [0, 0.1) is 35.0 Å². The lowest BCUT2D eigenvalue weighted by molar-refractivity contribution is 0.378. The summed E-state index contributed by atoms with van der Waals surface area (Å²) in [6.45, 7) is 3.74. The molecule has 1 aromatic rings. The first-order chi connectivity index (χ1) is 9.34. The molecule has 1 rings (SSSR count). The highest BCUT2D eigenvalue weighted by Gasteiger charge is 2.26. The van der Waals surface area contributed by atoms with Crippen LogP contribution in [0.2, 0.25) is 0 Å². The summed E-state index contributed by atoms with van der Waals surface area (Å²) in [5, 5.41) is 2.22. The van der Waals surface area contributed by atoms with Crippen LogP contribution in [0.5, 0.6) is 0 Å². The van der Waals surface area contributed by atoms with E-state index in [0.29, 0.717) is 0 Å². The molecule has 0 bridgehead atoms. The summed E-state index contributed by atoms with van der Waals surface area (Å²) in [4.78, 5) is 0. The fourth-order valence-corrected chi connectivity index (χ4v) is 2.04. The molecule has 0 saturated carbocycles. The minimum atomic E-state index is -2.17. The summed E-state index contributed by atoms with van der Waals surface area (Å²) in [6, 6.07) is -0.444. The second-order valence-corrected chi connectivity index (χ2v) is 4.57. The lowest BCUT2D eigenvalue weighted by Crippen LogP contribution is -2.36. The van der Waals surface area contributed by atoms with Crippen molar-refractivity contribution in [2.45, 2.75) is 32.7 Å². The highest BCUT2D eigenvalue weighted by Crippen LogP contribution is 2.27. The van der Waals surface area contributed by atoms with Gasteiger partial charge in [-0.25, -0.2) is 22.0 Å². The van der Waals surface area contributed by atoms with E-state index < -0.39 is 40.8 Å². The summed E-state index contributed by atoms with van der Waals surface area (Å²) in [7, 11) is 0. The van der Waals surface area contributed by atoms with E-state index in [9.17, 15) is 22.0 Å². The Morgan fingerprint density at radius 2 is 1.25 bits per heavy atom. The molecule has 0 aliphatic carbocycles. The van der Waals surface area contributed by atoms with E-state index in [0.717, 1.165) is 12.8 Å². The Balaban J connectivity index is 2.94. The SMILES string of the molecule is CCC(CC)C(N)CNc1c(F)c(F)c(F)c(F)c1F. The first-order valence-corrected chi connectivity index (χ1v) is 6.35. The van der Waals surface area contributed by atoms with Gasteiger partial charge in [-0.05, 0) is 5.92 Å². The van der Waals surface area contributed by atoms with E-state index in [2.05, 4.69) is 5.32 Å². The van der Waals surface area contributed by atoms with Crippen LogP contribution in [0.15, 0.2) is 0 Å². The molecule has 1 unspecified atom stereocenters. The van der Waals surface area contributed by atoms with Crippen molar-refractivity contribution < 1.29 is 22.0 Å². The van der Waals surface area contributed by atoms with Gasteiger partial charge in [0.05, 0.1) is 0 Å². The van der Waals surface area contributed by atoms with Gasteiger partial charge in [-0.15, -0.1) is 0 Å². The fourth-order valence-electron chi connectivity index (χ4n) is 2.04. The quantitative estimate of drug-likeness (QED) is 0.478. The normalized spacial score (nSPS) is 12.8. The Labute approximate surface area is 114 Å². The van der Waals surface area contributed by atoms with Gasteiger partial charge in [-0.2, -0.15) is 0 Å². The fraction of sp³-hybridized carbons (Fsp3) is 0.538. The van der Waals surface area contributed by atoms with Gasteiger partial charge in [-0.1, -0.05) is 26.7 Å². The minimum absolute atomic E-state index is 0.0787. The second-order valence-electron chi connectivity index (χ2n) is 4.57. The monoisotopic (exact) mass is 296 g/mol. The third-order valence-electron chi connectivity index (χ3n) is 3.38. The molecule has 7 heteroatoms. The van der Waals surface area contributed by atoms with Crippen molar-refractivity contribution in [3.63, 3.8) is 0 Å². The number of rotatable bonds is 6. The lowest BCUT2D eigenvalue weighted by atomic mass is 9.95. The summed E-state index contributed by atoms with van der Waals surface area (Å²) >= 11 is 0. The number of nitrogens with one attached hydrogen (secondary N) is 1. The molecule has 1 atom stereocenters. The molecular formula is C13H17F5N2. The molecule has 0 fully saturated rings. The van der Waals surface area contributed by atoms with Crippen LogP contribution in [0.25, 0.3) is 0 Å². The van der Waals surface area contributed by atoms with Gasteiger partial charge < -0.3 is 11.1 Å². The Hall–Kier alpha value is -1.37. The number of halogens is 5. The molecule has 114 valence electrons. The van der Waals surface area contributed by atoms with E-state index in [-0.39, 0.29) is 12.5 Å². The van der Waals surface area contributed by atoms with Crippen molar-refractivity contribution in [1.29, 1.82) is 0 Å². The predicted octanol–water partition coefficient (Wildman–Crippen LogP) is 3.56. The van der Waals surface area contributed by atoms with E-state index in [1.54, 1.807) is 0 Å². The maximum Gasteiger partial charge on any atom is 0.200 e. The Morgan fingerprint density at radius 1 is 0.850 bits per heavy atom. The van der Waals surface area contributed by atoms with Gasteiger partial charge in [0.25, 0.3) is 0 Å². The molecule has 0 aromatic heterocycles. The van der Waals surface area contributed by atoms with Crippen LogP contribution in [0.4, 0.5) is 27.6 Å². The van der Waals surface area contributed by atoms with Crippen LogP contribution in [0.3, 0.4) is 0 Å². The predicted molar refractivity (Wildman–Crippen MR) is 66.8 cm³/mol. The Bertz CT molecular complexity index is 445. The molecule has 0 heterocycles. The zero-order valence-corrected chi connectivity index (χ0v) is 11.2. The number of hydrogen-bond donors (Lipinski definition) is 2. The maximum atomic E-state index is 13.4. The first kappa shape index (κ1) is 16.7.